The maximum absolute atomic E-state index is 5.57. The first-order valence-electron chi connectivity index (χ1n) is 8.34. The average molecular weight is 332 g/mol. The summed E-state index contributed by atoms with van der Waals surface area (Å²) in [7, 11) is 1.85. The molecule has 0 aliphatic carbocycles. The van der Waals surface area contributed by atoms with Crippen LogP contribution in [0.3, 0.4) is 0 Å². The summed E-state index contributed by atoms with van der Waals surface area (Å²) in [6, 6.07) is 0. The van der Waals surface area contributed by atoms with Gasteiger partial charge < -0.3 is 19.7 Å². The van der Waals surface area contributed by atoms with E-state index in [1.54, 1.807) is 0 Å². The Bertz CT molecular complexity index is 325. The van der Waals surface area contributed by atoms with Crippen LogP contribution < -0.4 is 5.32 Å². The van der Waals surface area contributed by atoms with Gasteiger partial charge in [0.15, 0.2) is 5.96 Å². The molecule has 130 valence electrons. The van der Waals surface area contributed by atoms with Gasteiger partial charge in [0.05, 0.1) is 19.8 Å². The molecule has 1 rings (SSSR count). The number of hydrogen-bond donors (Lipinski definition) is 1. The standard InChI is InChI=1S/C16H33N3O2S/c1-5-6-9-20-11-12-21-10-7-18-15(17-4)19-8-13-22-16(2,3)14-19/h5-14H2,1-4H3,(H,17,18). The maximum atomic E-state index is 5.57. The Labute approximate surface area is 140 Å². The third kappa shape index (κ3) is 8.25. The van der Waals surface area contributed by atoms with Crippen molar-refractivity contribution in [2.75, 3.05) is 58.9 Å². The van der Waals surface area contributed by atoms with Crippen molar-refractivity contribution < 1.29 is 9.47 Å². The molecule has 6 heteroatoms. The highest BCUT2D eigenvalue weighted by Crippen LogP contribution is 2.29. The molecular weight excluding hydrogens is 298 g/mol. The SMILES string of the molecule is CCCCOCCOCCNC(=NC)N1CCSC(C)(C)C1. The highest BCUT2D eigenvalue weighted by Gasteiger charge is 2.28. The number of aliphatic imine (C=N–C) groups is 1. The second kappa shape index (κ2) is 11.1. The molecule has 0 aromatic carbocycles. The van der Waals surface area contributed by atoms with Crippen molar-refractivity contribution >= 4 is 17.7 Å². The predicted octanol–water partition coefficient (Wildman–Crippen LogP) is 2.22. The second-order valence-electron chi connectivity index (χ2n) is 6.08. The van der Waals surface area contributed by atoms with Crippen molar-refractivity contribution in [3.63, 3.8) is 0 Å². The molecule has 0 atom stereocenters. The van der Waals surface area contributed by atoms with Crippen molar-refractivity contribution in [2.45, 2.75) is 38.4 Å². The van der Waals surface area contributed by atoms with E-state index in [1.807, 2.05) is 18.8 Å². The van der Waals surface area contributed by atoms with Crippen LogP contribution in [0.4, 0.5) is 0 Å². The molecule has 0 radical (unpaired) electrons. The Hall–Kier alpha value is -0.460. The van der Waals surface area contributed by atoms with Gasteiger partial charge in [0.25, 0.3) is 0 Å². The molecule has 1 heterocycles. The molecule has 0 aromatic rings. The smallest absolute Gasteiger partial charge is 0.193 e. The van der Waals surface area contributed by atoms with Crippen LogP contribution in [-0.2, 0) is 9.47 Å². The Morgan fingerprint density at radius 1 is 1.23 bits per heavy atom. The van der Waals surface area contributed by atoms with Crippen molar-refractivity contribution in [3.05, 3.63) is 0 Å². The second-order valence-corrected chi connectivity index (χ2v) is 7.88. The van der Waals surface area contributed by atoms with E-state index in [9.17, 15) is 0 Å². The first kappa shape index (κ1) is 19.6. The summed E-state index contributed by atoms with van der Waals surface area (Å²) in [6.45, 7) is 12.5. The van der Waals surface area contributed by atoms with Gasteiger partial charge in [-0.05, 0) is 20.3 Å². The molecule has 1 N–H and O–H groups in total. The largest absolute Gasteiger partial charge is 0.379 e. The summed E-state index contributed by atoms with van der Waals surface area (Å²) in [5, 5.41) is 3.39. The normalized spacial score (nSPS) is 18.5. The summed E-state index contributed by atoms with van der Waals surface area (Å²) in [6.07, 6.45) is 2.30. The van der Waals surface area contributed by atoms with Gasteiger partial charge in [-0.1, -0.05) is 13.3 Å². The van der Waals surface area contributed by atoms with Gasteiger partial charge in [-0.15, -0.1) is 0 Å². The molecule has 0 spiro atoms. The van der Waals surface area contributed by atoms with Crippen molar-refractivity contribution in [2.24, 2.45) is 4.99 Å². The summed E-state index contributed by atoms with van der Waals surface area (Å²) >= 11 is 2.03. The number of nitrogens with zero attached hydrogens (tertiary/aromatic N) is 2. The number of nitrogens with one attached hydrogen (secondary N) is 1. The lowest BCUT2D eigenvalue weighted by Gasteiger charge is -2.39. The van der Waals surface area contributed by atoms with Crippen LogP contribution in [0.15, 0.2) is 4.99 Å². The topological polar surface area (TPSA) is 46.1 Å². The van der Waals surface area contributed by atoms with Gasteiger partial charge in [-0.25, -0.2) is 0 Å². The van der Waals surface area contributed by atoms with Gasteiger partial charge in [0.2, 0.25) is 0 Å². The zero-order valence-corrected chi connectivity index (χ0v) is 15.5. The van der Waals surface area contributed by atoms with Gasteiger partial charge >= 0.3 is 0 Å². The Morgan fingerprint density at radius 2 is 1.95 bits per heavy atom. The van der Waals surface area contributed by atoms with Gasteiger partial charge in [-0.2, -0.15) is 11.8 Å². The van der Waals surface area contributed by atoms with Crippen molar-refractivity contribution in [1.29, 1.82) is 0 Å². The minimum atomic E-state index is 0.294. The van der Waals surface area contributed by atoms with Gasteiger partial charge in [0, 0.05) is 43.8 Å². The van der Waals surface area contributed by atoms with E-state index in [0.717, 1.165) is 44.4 Å². The fraction of sp³-hybridized carbons (Fsp3) is 0.938. The van der Waals surface area contributed by atoms with Crippen LogP contribution in [0.5, 0.6) is 0 Å². The van der Waals surface area contributed by atoms with Crippen molar-refractivity contribution in [1.82, 2.24) is 10.2 Å². The van der Waals surface area contributed by atoms with Crippen LogP contribution in [0.25, 0.3) is 0 Å². The average Bonchev–Trinajstić information content (AvgIpc) is 2.48. The number of ether oxygens (including phenoxy) is 2. The third-order valence-electron chi connectivity index (χ3n) is 3.48. The van der Waals surface area contributed by atoms with Crippen molar-refractivity contribution in [3.8, 4) is 0 Å². The van der Waals surface area contributed by atoms with Crippen LogP contribution in [0.1, 0.15) is 33.6 Å². The quantitative estimate of drug-likeness (QED) is 0.399. The first-order valence-corrected chi connectivity index (χ1v) is 9.32. The lowest BCUT2D eigenvalue weighted by molar-refractivity contribution is 0.0486. The van der Waals surface area contributed by atoms with Crippen LogP contribution in [0, 0.1) is 0 Å². The van der Waals surface area contributed by atoms with E-state index in [2.05, 4.69) is 36.0 Å². The molecular formula is C16H33N3O2S. The maximum Gasteiger partial charge on any atom is 0.193 e. The zero-order valence-electron chi connectivity index (χ0n) is 14.7. The van der Waals surface area contributed by atoms with E-state index >= 15 is 0 Å². The monoisotopic (exact) mass is 331 g/mol. The first-order chi connectivity index (χ1) is 10.6. The molecule has 0 saturated carbocycles. The summed E-state index contributed by atoms with van der Waals surface area (Å²) in [4.78, 5) is 6.72. The molecule has 0 unspecified atom stereocenters. The summed E-state index contributed by atoms with van der Waals surface area (Å²) in [5.74, 6) is 2.13. The molecule has 0 bridgehead atoms. The molecule has 5 nitrogen and oxygen atoms in total. The number of thioether (sulfide) groups is 1. The van der Waals surface area contributed by atoms with E-state index in [-0.39, 0.29) is 0 Å². The summed E-state index contributed by atoms with van der Waals surface area (Å²) in [5.41, 5.74) is 0. The molecule has 0 amide bonds. The minimum absolute atomic E-state index is 0.294. The van der Waals surface area contributed by atoms with E-state index in [4.69, 9.17) is 9.47 Å². The Balaban J connectivity index is 2.09. The fourth-order valence-corrected chi connectivity index (χ4v) is 3.44. The molecule has 1 aliphatic heterocycles. The zero-order chi connectivity index (χ0) is 16.3. The number of unbranched alkanes of at least 4 members (excludes halogenated alkanes) is 1. The number of hydrogen-bond acceptors (Lipinski definition) is 4. The highest BCUT2D eigenvalue weighted by atomic mass is 32.2. The molecule has 1 saturated heterocycles. The van der Waals surface area contributed by atoms with Gasteiger partial charge in [-0.3, -0.25) is 4.99 Å². The molecule has 1 fully saturated rings. The molecule has 1 aliphatic rings. The minimum Gasteiger partial charge on any atom is -0.379 e. The molecule has 0 aromatic heterocycles. The van der Waals surface area contributed by atoms with E-state index < -0.39 is 0 Å². The Kier molecular flexibility index (Phi) is 9.91. The van der Waals surface area contributed by atoms with E-state index in [1.165, 1.54) is 6.42 Å². The van der Waals surface area contributed by atoms with Crippen LogP contribution in [-0.4, -0.2) is 74.5 Å². The predicted molar refractivity (Wildman–Crippen MR) is 96.0 cm³/mol. The third-order valence-corrected chi connectivity index (χ3v) is 4.78. The van der Waals surface area contributed by atoms with Gasteiger partial charge in [0.1, 0.15) is 0 Å². The fourth-order valence-electron chi connectivity index (χ4n) is 2.33. The van der Waals surface area contributed by atoms with E-state index in [0.29, 0.717) is 24.6 Å². The summed E-state index contributed by atoms with van der Waals surface area (Å²) < 4.78 is 11.3. The lowest BCUT2D eigenvalue weighted by atomic mass is 10.2. The van der Waals surface area contributed by atoms with Crippen LogP contribution >= 0.6 is 11.8 Å². The number of rotatable bonds is 9. The van der Waals surface area contributed by atoms with Crippen LogP contribution in [0.2, 0.25) is 0 Å². The number of guanidine groups is 1. The Morgan fingerprint density at radius 3 is 2.59 bits per heavy atom. The lowest BCUT2D eigenvalue weighted by Crippen LogP contribution is -2.51. The molecule has 22 heavy (non-hydrogen) atoms. The highest BCUT2D eigenvalue weighted by molar-refractivity contribution is 8.00.